The van der Waals surface area contributed by atoms with Crippen LogP contribution in [-0.4, -0.2) is 25.0 Å². The van der Waals surface area contributed by atoms with Gasteiger partial charge in [0.25, 0.3) is 0 Å². The molecule has 25 heavy (non-hydrogen) atoms. The van der Waals surface area contributed by atoms with Crippen LogP contribution in [0.1, 0.15) is 24.0 Å². The largest absolute Gasteiger partial charge is 0.482 e. The Morgan fingerprint density at radius 1 is 1.12 bits per heavy atom. The maximum absolute atomic E-state index is 11.9. The van der Waals surface area contributed by atoms with Crippen molar-refractivity contribution in [3.63, 3.8) is 0 Å². The summed E-state index contributed by atoms with van der Waals surface area (Å²) in [6.45, 7) is 4.52. The topological polar surface area (TPSA) is 55.8 Å². The Kier molecular flexibility index (Phi) is 5.03. The maximum atomic E-state index is 11.9. The van der Waals surface area contributed by atoms with Gasteiger partial charge < -0.3 is 14.4 Å². The van der Waals surface area contributed by atoms with E-state index in [1.165, 1.54) is 0 Å². The van der Waals surface area contributed by atoms with Crippen LogP contribution in [0.15, 0.2) is 42.5 Å². The number of carbonyl (C=O) groups is 2. The third-order valence-corrected chi connectivity index (χ3v) is 4.13. The first-order valence-electron chi connectivity index (χ1n) is 8.34. The van der Waals surface area contributed by atoms with E-state index in [0.717, 1.165) is 29.8 Å². The second-order valence-corrected chi connectivity index (χ2v) is 6.17. The molecule has 5 nitrogen and oxygen atoms in total. The van der Waals surface area contributed by atoms with Crippen LogP contribution >= 0.6 is 0 Å². The van der Waals surface area contributed by atoms with E-state index >= 15 is 0 Å². The van der Waals surface area contributed by atoms with Crippen LogP contribution in [0.3, 0.4) is 0 Å². The van der Waals surface area contributed by atoms with Crippen molar-refractivity contribution >= 4 is 17.6 Å². The number of esters is 1. The minimum absolute atomic E-state index is 0.131. The second-order valence-electron chi connectivity index (χ2n) is 6.17. The normalized spacial score (nSPS) is 13.8. The molecule has 0 radical (unpaired) electrons. The highest BCUT2D eigenvalue weighted by Gasteiger charge is 2.21. The lowest BCUT2D eigenvalue weighted by Gasteiger charge is -2.15. The summed E-state index contributed by atoms with van der Waals surface area (Å²) >= 11 is 0. The highest BCUT2D eigenvalue weighted by molar-refractivity contribution is 5.95. The van der Waals surface area contributed by atoms with E-state index in [-0.39, 0.29) is 12.5 Å². The van der Waals surface area contributed by atoms with Crippen LogP contribution in [0, 0.1) is 13.8 Å². The molecule has 1 saturated heterocycles. The molecule has 0 aliphatic carbocycles. The van der Waals surface area contributed by atoms with Gasteiger partial charge in [-0.05, 0) is 56.2 Å². The zero-order chi connectivity index (χ0) is 17.8. The molecular formula is C20H21NO4. The molecule has 1 aliphatic rings. The van der Waals surface area contributed by atoms with Crippen molar-refractivity contribution in [2.24, 2.45) is 0 Å². The standard InChI is InChI=1S/C20H21NO4/c1-14-5-10-18(15(2)12-14)24-13-20(23)25-17-8-6-16(7-9-17)21-11-3-4-19(21)22/h5-10,12H,3-4,11,13H2,1-2H3. The van der Waals surface area contributed by atoms with Gasteiger partial charge in [0.15, 0.2) is 6.61 Å². The summed E-state index contributed by atoms with van der Waals surface area (Å²) in [5.41, 5.74) is 2.95. The van der Waals surface area contributed by atoms with Crippen molar-refractivity contribution in [2.75, 3.05) is 18.1 Å². The lowest BCUT2D eigenvalue weighted by molar-refractivity contribution is -0.136. The number of nitrogens with zero attached hydrogens (tertiary/aromatic N) is 1. The summed E-state index contributed by atoms with van der Waals surface area (Å²) in [6, 6.07) is 12.7. The summed E-state index contributed by atoms with van der Waals surface area (Å²) < 4.78 is 10.8. The lowest BCUT2D eigenvalue weighted by Crippen LogP contribution is -2.23. The Hall–Kier alpha value is -2.82. The number of benzene rings is 2. The molecule has 0 aromatic heterocycles. The van der Waals surface area contributed by atoms with Crippen molar-refractivity contribution in [1.29, 1.82) is 0 Å². The Balaban J connectivity index is 1.55. The van der Waals surface area contributed by atoms with E-state index in [0.29, 0.717) is 17.9 Å². The van der Waals surface area contributed by atoms with Gasteiger partial charge in [0, 0.05) is 18.7 Å². The van der Waals surface area contributed by atoms with E-state index in [4.69, 9.17) is 9.47 Å². The number of hydrogen-bond acceptors (Lipinski definition) is 4. The van der Waals surface area contributed by atoms with Crippen molar-refractivity contribution in [2.45, 2.75) is 26.7 Å². The number of ether oxygens (including phenoxy) is 2. The SMILES string of the molecule is Cc1ccc(OCC(=O)Oc2ccc(N3CCCC3=O)cc2)c(C)c1. The number of carbonyl (C=O) groups excluding carboxylic acids is 2. The number of amides is 1. The van der Waals surface area contributed by atoms with Crippen LogP contribution in [0.25, 0.3) is 0 Å². The highest BCUT2D eigenvalue weighted by atomic mass is 16.6. The molecule has 0 saturated carbocycles. The van der Waals surface area contributed by atoms with Crippen LogP contribution in [0.5, 0.6) is 11.5 Å². The van der Waals surface area contributed by atoms with Crippen LogP contribution in [0.2, 0.25) is 0 Å². The minimum atomic E-state index is -0.468. The lowest BCUT2D eigenvalue weighted by atomic mass is 10.1. The third kappa shape index (κ3) is 4.18. The summed E-state index contributed by atoms with van der Waals surface area (Å²) in [7, 11) is 0. The van der Waals surface area contributed by atoms with Gasteiger partial charge in [0.05, 0.1) is 0 Å². The number of rotatable bonds is 5. The first-order valence-corrected chi connectivity index (χ1v) is 8.34. The molecule has 130 valence electrons. The van der Waals surface area contributed by atoms with E-state index in [9.17, 15) is 9.59 Å². The summed E-state index contributed by atoms with van der Waals surface area (Å²) in [4.78, 5) is 25.4. The summed E-state index contributed by atoms with van der Waals surface area (Å²) in [5, 5.41) is 0. The Labute approximate surface area is 147 Å². The smallest absolute Gasteiger partial charge is 0.349 e. The van der Waals surface area contributed by atoms with Gasteiger partial charge in [-0.2, -0.15) is 0 Å². The van der Waals surface area contributed by atoms with Gasteiger partial charge in [-0.3, -0.25) is 4.79 Å². The second kappa shape index (κ2) is 7.38. The molecular weight excluding hydrogens is 318 g/mol. The fraction of sp³-hybridized carbons (Fsp3) is 0.300. The Bertz CT molecular complexity index is 783. The summed E-state index contributed by atoms with van der Waals surface area (Å²) in [6.07, 6.45) is 1.47. The van der Waals surface area contributed by atoms with Crippen LogP contribution in [-0.2, 0) is 9.59 Å². The van der Waals surface area contributed by atoms with Gasteiger partial charge in [-0.25, -0.2) is 4.79 Å². The molecule has 1 fully saturated rings. The molecule has 2 aromatic carbocycles. The van der Waals surface area contributed by atoms with Crippen LogP contribution < -0.4 is 14.4 Å². The van der Waals surface area contributed by atoms with Gasteiger partial charge >= 0.3 is 5.97 Å². The average Bonchev–Trinajstić information content (AvgIpc) is 3.01. The predicted molar refractivity (Wildman–Crippen MR) is 95.1 cm³/mol. The van der Waals surface area contributed by atoms with E-state index in [2.05, 4.69) is 0 Å². The highest BCUT2D eigenvalue weighted by Crippen LogP contribution is 2.24. The molecule has 2 aromatic rings. The zero-order valence-electron chi connectivity index (χ0n) is 14.5. The first kappa shape index (κ1) is 17.0. The molecule has 0 unspecified atom stereocenters. The van der Waals surface area contributed by atoms with Crippen LogP contribution in [0.4, 0.5) is 5.69 Å². The quantitative estimate of drug-likeness (QED) is 0.619. The fourth-order valence-corrected chi connectivity index (χ4v) is 2.87. The van der Waals surface area contributed by atoms with E-state index < -0.39 is 5.97 Å². The monoisotopic (exact) mass is 339 g/mol. The molecule has 0 N–H and O–H groups in total. The number of hydrogen-bond donors (Lipinski definition) is 0. The van der Waals surface area contributed by atoms with E-state index in [1.54, 1.807) is 29.2 Å². The average molecular weight is 339 g/mol. The summed E-state index contributed by atoms with van der Waals surface area (Å²) in [5.74, 6) is 0.770. The van der Waals surface area contributed by atoms with Crippen molar-refractivity contribution in [3.05, 3.63) is 53.6 Å². The first-order chi connectivity index (χ1) is 12.0. The molecule has 5 heteroatoms. The minimum Gasteiger partial charge on any atom is -0.482 e. The molecule has 1 aliphatic heterocycles. The molecule has 3 rings (SSSR count). The Morgan fingerprint density at radius 2 is 1.88 bits per heavy atom. The van der Waals surface area contributed by atoms with Crippen molar-refractivity contribution in [1.82, 2.24) is 0 Å². The van der Waals surface area contributed by atoms with Crippen molar-refractivity contribution < 1.29 is 19.1 Å². The molecule has 0 spiro atoms. The van der Waals surface area contributed by atoms with E-state index in [1.807, 2.05) is 32.0 Å². The van der Waals surface area contributed by atoms with Gasteiger partial charge in [0.2, 0.25) is 5.91 Å². The zero-order valence-corrected chi connectivity index (χ0v) is 14.5. The van der Waals surface area contributed by atoms with Gasteiger partial charge in [-0.15, -0.1) is 0 Å². The Morgan fingerprint density at radius 3 is 2.52 bits per heavy atom. The molecule has 0 atom stereocenters. The van der Waals surface area contributed by atoms with Gasteiger partial charge in [0.1, 0.15) is 11.5 Å². The predicted octanol–water partition coefficient (Wildman–Crippen LogP) is 3.41. The van der Waals surface area contributed by atoms with Crippen molar-refractivity contribution in [3.8, 4) is 11.5 Å². The number of aryl methyl sites for hydroxylation is 2. The molecule has 0 bridgehead atoms. The molecule has 1 amide bonds. The molecule has 1 heterocycles. The maximum Gasteiger partial charge on any atom is 0.349 e. The fourth-order valence-electron chi connectivity index (χ4n) is 2.87. The number of anilines is 1. The van der Waals surface area contributed by atoms with Gasteiger partial charge in [-0.1, -0.05) is 17.7 Å². The third-order valence-electron chi connectivity index (χ3n) is 4.13.